The maximum absolute atomic E-state index is 12.4. The van der Waals surface area contributed by atoms with E-state index in [-0.39, 0.29) is 24.4 Å². The number of hydrogen-bond donors (Lipinski definition) is 0. The number of carbonyl (C=O) groups excluding carboxylic acids is 3. The van der Waals surface area contributed by atoms with E-state index in [1.807, 2.05) is 18.2 Å². The molecule has 3 rings (SSSR count). The van der Waals surface area contributed by atoms with Crippen molar-refractivity contribution >= 4 is 17.5 Å². The molecule has 0 aliphatic heterocycles. The van der Waals surface area contributed by atoms with Crippen LogP contribution in [0, 0.1) is 0 Å². The molecule has 0 amide bonds. The van der Waals surface area contributed by atoms with Crippen molar-refractivity contribution in [2.24, 2.45) is 0 Å². The van der Waals surface area contributed by atoms with Crippen LogP contribution in [0.5, 0.6) is 11.5 Å². The Hall–Kier alpha value is -3.15. The first-order valence-electron chi connectivity index (χ1n) is 10.1. The van der Waals surface area contributed by atoms with Crippen LogP contribution in [0.25, 0.3) is 0 Å². The summed E-state index contributed by atoms with van der Waals surface area (Å²) >= 11 is 0. The van der Waals surface area contributed by atoms with E-state index in [1.54, 1.807) is 18.2 Å². The van der Waals surface area contributed by atoms with Gasteiger partial charge in [-0.25, -0.2) is 0 Å². The second-order valence-electron chi connectivity index (χ2n) is 7.26. The van der Waals surface area contributed by atoms with Crippen molar-refractivity contribution in [1.82, 2.24) is 0 Å². The first-order chi connectivity index (χ1) is 14.5. The fourth-order valence-corrected chi connectivity index (χ4v) is 3.59. The molecular formula is C24H26O6. The predicted molar refractivity (Wildman–Crippen MR) is 111 cm³/mol. The Balaban J connectivity index is 1.50. The van der Waals surface area contributed by atoms with Gasteiger partial charge in [-0.15, -0.1) is 0 Å². The average molecular weight is 410 g/mol. The lowest BCUT2D eigenvalue weighted by molar-refractivity contribution is -0.142. The molecule has 0 saturated heterocycles. The van der Waals surface area contributed by atoms with Gasteiger partial charge in [0.05, 0.1) is 26.2 Å². The summed E-state index contributed by atoms with van der Waals surface area (Å²) in [7, 11) is 2.97. The summed E-state index contributed by atoms with van der Waals surface area (Å²) in [5.41, 5.74) is 3.47. The first-order valence-corrected chi connectivity index (χ1v) is 10.1. The number of aryl methyl sites for hydroxylation is 2. The van der Waals surface area contributed by atoms with Crippen LogP contribution in [0.2, 0.25) is 0 Å². The van der Waals surface area contributed by atoms with E-state index in [0.717, 1.165) is 19.3 Å². The van der Waals surface area contributed by atoms with E-state index in [4.69, 9.17) is 14.2 Å². The lowest BCUT2D eigenvalue weighted by Crippen LogP contribution is -2.16. The average Bonchev–Trinajstić information content (AvgIpc) is 2.80. The number of ether oxygens (including phenoxy) is 3. The fraction of sp³-hybridized carbons (Fsp3) is 0.375. The molecule has 0 spiro atoms. The molecule has 6 nitrogen and oxygen atoms in total. The normalized spacial score (nSPS) is 12.6. The Morgan fingerprint density at radius 2 is 1.60 bits per heavy atom. The summed E-state index contributed by atoms with van der Waals surface area (Å²) in [6, 6.07) is 10.6. The summed E-state index contributed by atoms with van der Waals surface area (Å²) in [6.07, 6.45) is 4.37. The van der Waals surface area contributed by atoms with Gasteiger partial charge in [0.15, 0.2) is 12.4 Å². The molecule has 1 aliphatic carbocycles. The Morgan fingerprint density at radius 1 is 0.833 bits per heavy atom. The lowest BCUT2D eigenvalue weighted by atomic mass is 9.89. The van der Waals surface area contributed by atoms with Crippen molar-refractivity contribution in [3.63, 3.8) is 0 Å². The topological polar surface area (TPSA) is 78.9 Å². The highest BCUT2D eigenvalue weighted by Gasteiger charge is 2.17. The molecule has 158 valence electrons. The van der Waals surface area contributed by atoms with Gasteiger partial charge >= 0.3 is 5.97 Å². The van der Waals surface area contributed by atoms with E-state index < -0.39 is 12.6 Å². The van der Waals surface area contributed by atoms with Crippen LogP contribution in [-0.2, 0) is 22.4 Å². The second kappa shape index (κ2) is 10.1. The number of benzene rings is 2. The van der Waals surface area contributed by atoms with Crippen LogP contribution in [0.15, 0.2) is 36.4 Å². The van der Waals surface area contributed by atoms with E-state index in [1.165, 1.54) is 31.8 Å². The van der Waals surface area contributed by atoms with Gasteiger partial charge in [0.25, 0.3) is 0 Å². The number of Topliss-reactive ketones (excluding diaryl/α,β-unsaturated/α-hetero) is 2. The Kier molecular flexibility index (Phi) is 7.22. The number of rotatable bonds is 9. The zero-order valence-corrected chi connectivity index (χ0v) is 17.4. The zero-order valence-electron chi connectivity index (χ0n) is 17.4. The molecule has 0 fully saturated rings. The number of fused-ring (bicyclic) bond motifs is 1. The molecule has 0 unspecified atom stereocenters. The number of hydrogen-bond acceptors (Lipinski definition) is 6. The van der Waals surface area contributed by atoms with Crippen LogP contribution < -0.4 is 9.47 Å². The molecule has 0 heterocycles. The van der Waals surface area contributed by atoms with Gasteiger partial charge in [0.1, 0.15) is 11.5 Å². The SMILES string of the molecule is COc1ccc(C(=O)COC(=O)CCC(=O)c2ccc3c(c2)CCCC3)c(OC)c1. The van der Waals surface area contributed by atoms with Crippen LogP contribution >= 0.6 is 0 Å². The summed E-state index contributed by atoms with van der Waals surface area (Å²) in [6.45, 7) is -0.408. The number of esters is 1. The molecule has 6 heteroatoms. The van der Waals surface area contributed by atoms with Gasteiger partial charge in [0.2, 0.25) is 5.78 Å². The van der Waals surface area contributed by atoms with E-state index in [9.17, 15) is 14.4 Å². The van der Waals surface area contributed by atoms with E-state index >= 15 is 0 Å². The Bertz CT molecular complexity index is 947. The molecule has 0 radical (unpaired) electrons. The lowest BCUT2D eigenvalue weighted by Gasteiger charge is -2.16. The quantitative estimate of drug-likeness (QED) is 0.460. The summed E-state index contributed by atoms with van der Waals surface area (Å²) in [4.78, 5) is 36.8. The molecule has 2 aromatic rings. The predicted octanol–water partition coefficient (Wildman–Crippen LogP) is 3.97. The number of ketones is 2. The van der Waals surface area contributed by atoms with Gasteiger partial charge in [-0.05, 0) is 55.0 Å². The van der Waals surface area contributed by atoms with Crippen molar-refractivity contribution in [3.05, 3.63) is 58.7 Å². The highest BCUT2D eigenvalue weighted by atomic mass is 16.5. The van der Waals surface area contributed by atoms with Crippen molar-refractivity contribution in [2.45, 2.75) is 38.5 Å². The fourth-order valence-electron chi connectivity index (χ4n) is 3.59. The van der Waals surface area contributed by atoms with Crippen molar-refractivity contribution < 1.29 is 28.6 Å². The molecule has 0 bridgehead atoms. The second-order valence-corrected chi connectivity index (χ2v) is 7.26. The Morgan fingerprint density at radius 3 is 2.33 bits per heavy atom. The molecule has 0 N–H and O–H groups in total. The highest BCUT2D eigenvalue weighted by Crippen LogP contribution is 2.25. The van der Waals surface area contributed by atoms with Gasteiger partial charge < -0.3 is 14.2 Å². The van der Waals surface area contributed by atoms with E-state index in [2.05, 4.69) is 0 Å². The first kappa shape index (κ1) is 21.6. The minimum absolute atomic E-state index is 0.0532. The number of methoxy groups -OCH3 is 2. The minimum atomic E-state index is -0.581. The molecule has 1 aliphatic rings. The van der Waals surface area contributed by atoms with Crippen molar-refractivity contribution in [1.29, 1.82) is 0 Å². The molecule has 2 aromatic carbocycles. The van der Waals surface area contributed by atoms with Gasteiger partial charge in [-0.2, -0.15) is 0 Å². The van der Waals surface area contributed by atoms with Crippen LogP contribution in [0.3, 0.4) is 0 Å². The van der Waals surface area contributed by atoms with Crippen LogP contribution in [-0.4, -0.2) is 38.4 Å². The summed E-state index contributed by atoms with van der Waals surface area (Å²) in [5.74, 6) is -0.159. The largest absolute Gasteiger partial charge is 0.497 e. The van der Waals surface area contributed by atoms with Gasteiger partial charge in [-0.1, -0.05) is 12.1 Å². The summed E-state index contributed by atoms with van der Waals surface area (Å²) < 4.78 is 15.4. The highest BCUT2D eigenvalue weighted by molar-refractivity contribution is 6.01. The van der Waals surface area contributed by atoms with Crippen LogP contribution in [0.4, 0.5) is 0 Å². The monoisotopic (exact) mass is 410 g/mol. The smallest absolute Gasteiger partial charge is 0.306 e. The van der Waals surface area contributed by atoms with E-state index in [0.29, 0.717) is 22.6 Å². The van der Waals surface area contributed by atoms with Gasteiger partial charge in [0, 0.05) is 18.1 Å². The number of carbonyl (C=O) groups is 3. The molecule has 0 saturated carbocycles. The maximum atomic E-state index is 12.4. The molecule has 30 heavy (non-hydrogen) atoms. The molecular weight excluding hydrogens is 384 g/mol. The van der Waals surface area contributed by atoms with Crippen molar-refractivity contribution in [2.75, 3.05) is 20.8 Å². The van der Waals surface area contributed by atoms with Crippen LogP contribution in [0.1, 0.15) is 57.5 Å². The summed E-state index contributed by atoms with van der Waals surface area (Å²) in [5, 5.41) is 0. The minimum Gasteiger partial charge on any atom is -0.497 e. The van der Waals surface area contributed by atoms with Crippen molar-refractivity contribution in [3.8, 4) is 11.5 Å². The molecule has 0 aromatic heterocycles. The third-order valence-corrected chi connectivity index (χ3v) is 5.30. The maximum Gasteiger partial charge on any atom is 0.306 e. The third kappa shape index (κ3) is 5.26. The standard InChI is InChI=1S/C24H26O6/c1-28-19-9-10-20(23(14-19)29-2)22(26)15-30-24(27)12-11-21(25)18-8-7-16-5-3-4-6-17(16)13-18/h7-10,13-14H,3-6,11-12,15H2,1-2H3. The third-order valence-electron chi connectivity index (χ3n) is 5.30. The van der Waals surface area contributed by atoms with Gasteiger partial charge in [-0.3, -0.25) is 14.4 Å². The zero-order chi connectivity index (χ0) is 21.5. The Labute approximate surface area is 176 Å². The molecule has 0 atom stereocenters.